The molecule has 0 unspecified atom stereocenters. The summed E-state index contributed by atoms with van der Waals surface area (Å²) in [5, 5.41) is 6.59. The quantitative estimate of drug-likeness (QED) is 0.171. The fraction of sp³-hybridized carbons (Fsp3) is 0.0833. The minimum Gasteiger partial charge on any atom is -0.310 e. The SMILES string of the molecule is C[Si](C)(C)c1ccc(N(c2ccccc2)c2cc3c(c4ccccc24)-c2c(ccc4ccccc24)C32c3ccccc3-c3ccccc32)cc1. The van der Waals surface area contributed by atoms with Crippen molar-refractivity contribution in [3.63, 3.8) is 0 Å². The summed E-state index contributed by atoms with van der Waals surface area (Å²) in [6.07, 6.45) is 0. The van der Waals surface area contributed by atoms with Crippen LogP contribution in [0, 0.1) is 0 Å². The zero-order valence-electron chi connectivity index (χ0n) is 28.6. The molecule has 8 aromatic carbocycles. The van der Waals surface area contributed by atoms with Gasteiger partial charge in [-0.3, -0.25) is 0 Å². The van der Waals surface area contributed by atoms with E-state index in [0.717, 1.165) is 5.69 Å². The van der Waals surface area contributed by atoms with E-state index in [0.29, 0.717) is 0 Å². The standard InChI is InChI=1S/C48H37NSi/c1-50(2,3)35-28-26-34(27-29-35)49(33-16-5-4-6-17-33)45-31-44-47(40-22-10-9-21-39(40)45)46-36-18-8-7-15-32(36)25-30-43(46)48(44)41-23-13-11-19-37(41)38-20-12-14-24-42(38)48/h4-31H,1-3H3. The van der Waals surface area contributed by atoms with Gasteiger partial charge in [-0.05, 0) is 91.0 Å². The number of fused-ring (bicyclic) bond motifs is 14. The highest BCUT2D eigenvalue weighted by molar-refractivity contribution is 6.88. The number of benzene rings is 8. The number of nitrogens with zero attached hydrogens (tertiary/aromatic N) is 1. The Labute approximate surface area is 295 Å². The summed E-state index contributed by atoms with van der Waals surface area (Å²) in [6.45, 7) is 7.26. The van der Waals surface area contributed by atoms with Crippen molar-refractivity contribution in [1.82, 2.24) is 0 Å². The Hall–Kier alpha value is -5.70. The maximum Gasteiger partial charge on any atom is 0.0775 e. The van der Waals surface area contributed by atoms with Gasteiger partial charge in [-0.1, -0.05) is 164 Å². The van der Waals surface area contributed by atoms with Gasteiger partial charge < -0.3 is 4.90 Å². The van der Waals surface area contributed by atoms with Crippen molar-refractivity contribution in [3.05, 3.63) is 192 Å². The van der Waals surface area contributed by atoms with Crippen LogP contribution in [-0.2, 0) is 5.41 Å². The Balaban J connectivity index is 1.37. The Morgan fingerprint density at radius 1 is 0.420 bits per heavy atom. The molecule has 0 saturated carbocycles. The first kappa shape index (κ1) is 29.2. The van der Waals surface area contributed by atoms with E-state index in [1.807, 2.05) is 0 Å². The molecule has 0 aromatic heterocycles. The van der Waals surface area contributed by atoms with Crippen LogP contribution in [0.15, 0.2) is 170 Å². The van der Waals surface area contributed by atoms with Crippen molar-refractivity contribution in [1.29, 1.82) is 0 Å². The third kappa shape index (κ3) is 3.94. The van der Waals surface area contributed by atoms with E-state index >= 15 is 0 Å². The number of hydrogen-bond donors (Lipinski definition) is 0. The minimum atomic E-state index is -1.47. The molecule has 238 valence electrons. The van der Waals surface area contributed by atoms with Gasteiger partial charge in [0, 0.05) is 16.8 Å². The molecule has 1 spiro atoms. The largest absolute Gasteiger partial charge is 0.310 e. The highest BCUT2D eigenvalue weighted by Crippen LogP contribution is 2.65. The molecule has 50 heavy (non-hydrogen) atoms. The molecule has 10 rings (SSSR count). The van der Waals surface area contributed by atoms with Crippen LogP contribution in [0.1, 0.15) is 22.3 Å². The van der Waals surface area contributed by atoms with Gasteiger partial charge in [0.05, 0.1) is 19.2 Å². The van der Waals surface area contributed by atoms with Crippen LogP contribution in [0.2, 0.25) is 19.6 Å². The molecule has 8 aromatic rings. The normalized spacial score (nSPS) is 13.7. The van der Waals surface area contributed by atoms with E-state index < -0.39 is 13.5 Å². The first-order valence-corrected chi connectivity index (χ1v) is 21.2. The van der Waals surface area contributed by atoms with Gasteiger partial charge in [0.2, 0.25) is 0 Å². The van der Waals surface area contributed by atoms with Crippen molar-refractivity contribution in [3.8, 4) is 22.3 Å². The number of hydrogen-bond acceptors (Lipinski definition) is 1. The topological polar surface area (TPSA) is 3.24 Å². The van der Waals surface area contributed by atoms with Crippen LogP contribution < -0.4 is 10.1 Å². The smallest absolute Gasteiger partial charge is 0.0775 e. The maximum atomic E-state index is 2.55. The summed E-state index contributed by atoms with van der Waals surface area (Å²) < 4.78 is 0. The molecule has 2 heteroatoms. The van der Waals surface area contributed by atoms with E-state index in [-0.39, 0.29) is 0 Å². The van der Waals surface area contributed by atoms with E-state index in [4.69, 9.17) is 0 Å². The fourth-order valence-corrected chi connectivity index (χ4v) is 10.2. The van der Waals surface area contributed by atoms with Crippen molar-refractivity contribution < 1.29 is 0 Å². The highest BCUT2D eigenvalue weighted by atomic mass is 28.3. The number of anilines is 3. The molecule has 0 aliphatic heterocycles. The lowest BCUT2D eigenvalue weighted by Gasteiger charge is -2.33. The van der Waals surface area contributed by atoms with Crippen LogP contribution in [-0.4, -0.2) is 8.07 Å². The van der Waals surface area contributed by atoms with E-state index in [2.05, 4.69) is 194 Å². The second kappa shape index (κ2) is 10.6. The number of rotatable bonds is 4. The van der Waals surface area contributed by atoms with Gasteiger partial charge in [-0.25, -0.2) is 0 Å². The van der Waals surface area contributed by atoms with Gasteiger partial charge in [-0.15, -0.1) is 0 Å². The summed E-state index contributed by atoms with van der Waals surface area (Å²) in [7, 11) is -1.47. The van der Waals surface area contributed by atoms with Gasteiger partial charge >= 0.3 is 0 Å². The molecule has 0 fully saturated rings. The van der Waals surface area contributed by atoms with Gasteiger partial charge in [0.1, 0.15) is 0 Å². The Kier molecular flexibility index (Phi) is 6.22. The lowest BCUT2D eigenvalue weighted by molar-refractivity contribution is 0.795. The molecule has 1 nitrogen and oxygen atoms in total. The molecule has 0 bridgehead atoms. The Morgan fingerprint density at radius 3 is 1.64 bits per heavy atom. The third-order valence-electron chi connectivity index (χ3n) is 11.2. The number of para-hydroxylation sites is 1. The summed E-state index contributed by atoms with van der Waals surface area (Å²) in [4.78, 5) is 2.48. The molecule has 0 N–H and O–H groups in total. The van der Waals surface area contributed by atoms with Crippen LogP contribution in [0.4, 0.5) is 17.1 Å². The summed E-state index contributed by atoms with van der Waals surface area (Å²) in [5.74, 6) is 0. The second-order valence-electron chi connectivity index (χ2n) is 14.9. The van der Waals surface area contributed by atoms with Crippen LogP contribution in [0.5, 0.6) is 0 Å². The highest BCUT2D eigenvalue weighted by Gasteiger charge is 2.52. The average Bonchev–Trinajstić information content (AvgIpc) is 3.63. The molecule has 0 radical (unpaired) electrons. The van der Waals surface area contributed by atoms with Crippen molar-refractivity contribution in [2.45, 2.75) is 25.1 Å². The molecule has 0 heterocycles. The molecule has 0 saturated heterocycles. The van der Waals surface area contributed by atoms with Gasteiger partial charge in [0.15, 0.2) is 0 Å². The molecule has 2 aliphatic rings. The Bertz CT molecular complexity index is 2580. The summed E-state index contributed by atoms with van der Waals surface area (Å²) >= 11 is 0. The fourth-order valence-electron chi connectivity index (χ4n) is 9.03. The maximum absolute atomic E-state index is 2.55. The van der Waals surface area contributed by atoms with Crippen LogP contribution in [0.3, 0.4) is 0 Å². The zero-order chi connectivity index (χ0) is 33.6. The van der Waals surface area contributed by atoms with Gasteiger partial charge in [-0.2, -0.15) is 0 Å². The minimum absolute atomic E-state index is 0.454. The van der Waals surface area contributed by atoms with Crippen LogP contribution >= 0.6 is 0 Å². The van der Waals surface area contributed by atoms with Crippen molar-refractivity contribution in [2.24, 2.45) is 0 Å². The van der Waals surface area contributed by atoms with Crippen molar-refractivity contribution >= 4 is 51.9 Å². The lowest BCUT2D eigenvalue weighted by atomic mass is 9.70. The molecular formula is C48H37NSi. The van der Waals surface area contributed by atoms with E-state index in [1.165, 1.54) is 82.6 Å². The first-order valence-electron chi connectivity index (χ1n) is 17.7. The second-order valence-corrected chi connectivity index (χ2v) is 20.0. The molecular weight excluding hydrogens is 619 g/mol. The summed E-state index contributed by atoms with van der Waals surface area (Å²) in [6, 6.07) is 63.9. The Morgan fingerprint density at radius 2 is 0.960 bits per heavy atom. The predicted molar refractivity (Wildman–Crippen MR) is 215 cm³/mol. The molecule has 2 aliphatic carbocycles. The van der Waals surface area contributed by atoms with E-state index in [9.17, 15) is 0 Å². The molecule has 0 amide bonds. The van der Waals surface area contributed by atoms with Gasteiger partial charge in [0.25, 0.3) is 0 Å². The van der Waals surface area contributed by atoms with E-state index in [1.54, 1.807) is 0 Å². The zero-order valence-corrected chi connectivity index (χ0v) is 29.6. The predicted octanol–water partition coefficient (Wildman–Crippen LogP) is 12.4. The van der Waals surface area contributed by atoms with Crippen molar-refractivity contribution in [2.75, 3.05) is 4.90 Å². The van der Waals surface area contributed by atoms with Crippen LogP contribution in [0.25, 0.3) is 43.8 Å². The summed E-state index contributed by atoms with van der Waals surface area (Å²) in [5.41, 5.74) is 13.9. The third-order valence-corrected chi connectivity index (χ3v) is 13.3. The average molecular weight is 656 g/mol. The first-order chi connectivity index (χ1) is 24.5. The lowest BCUT2D eigenvalue weighted by Crippen LogP contribution is -2.37. The molecule has 0 atom stereocenters. The monoisotopic (exact) mass is 655 g/mol.